The number of hydrogen-bond acceptors (Lipinski definition) is 4. The van der Waals surface area contributed by atoms with E-state index in [2.05, 4.69) is 53.6 Å². The monoisotopic (exact) mass is 363 g/mol. The molecule has 1 fully saturated rings. The normalized spacial score (nSPS) is 17.2. The predicted molar refractivity (Wildman–Crippen MR) is 103 cm³/mol. The Kier molecular flexibility index (Phi) is 8.88. The van der Waals surface area contributed by atoms with Gasteiger partial charge in [-0.3, -0.25) is 4.90 Å². The molecule has 1 saturated heterocycles. The molecule has 1 aliphatic heterocycles. The van der Waals surface area contributed by atoms with E-state index in [1.54, 1.807) is 0 Å². The van der Waals surface area contributed by atoms with Gasteiger partial charge in [-0.05, 0) is 24.3 Å². The van der Waals surface area contributed by atoms with Gasteiger partial charge in [-0.15, -0.1) is 0 Å². The molecule has 0 aromatic heterocycles. The van der Waals surface area contributed by atoms with Crippen molar-refractivity contribution in [3.63, 3.8) is 0 Å². The predicted octanol–water partition coefficient (Wildman–Crippen LogP) is 1.98. The van der Waals surface area contributed by atoms with Crippen molar-refractivity contribution in [2.45, 2.75) is 45.4 Å². The zero-order valence-electron chi connectivity index (χ0n) is 16.0. The van der Waals surface area contributed by atoms with Crippen molar-refractivity contribution in [3.05, 3.63) is 35.9 Å². The number of rotatable bonds is 9. The first-order chi connectivity index (χ1) is 12.5. The average molecular weight is 364 g/mol. The first-order valence-electron chi connectivity index (χ1n) is 9.59. The zero-order valence-corrected chi connectivity index (χ0v) is 16.0. The van der Waals surface area contributed by atoms with Crippen LogP contribution < -0.4 is 10.6 Å². The SMILES string of the molecule is CC(C)COCC(O)CNC(=O)NC1CCN(Cc2ccccc2)CC1. The van der Waals surface area contributed by atoms with Crippen LogP contribution in [0.2, 0.25) is 0 Å². The third kappa shape index (κ3) is 8.17. The third-order valence-electron chi connectivity index (χ3n) is 4.43. The van der Waals surface area contributed by atoms with Crippen LogP contribution in [0, 0.1) is 5.92 Å². The first kappa shape index (κ1) is 20.7. The van der Waals surface area contributed by atoms with Gasteiger partial charge in [0.2, 0.25) is 0 Å². The summed E-state index contributed by atoms with van der Waals surface area (Å²) in [5.74, 6) is 0.436. The number of piperidine rings is 1. The van der Waals surface area contributed by atoms with Crippen LogP contribution in [0.3, 0.4) is 0 Å². The highest BCUT2D eigenvalue weighted by atomic mass is 16.5. The van der Waals surface area contributed by atoms with Crippen molar-refractivity contribution >= 4 is 6.03 Å². The summed E-state index contributed by atoms with van der Waals surface area (Å²) in [6.45, 7) is 8.10. The number of aliphatic hydroxyl groups is 1. The second-order valence-corrected chi connectivity index (χ2v) is 7.48. The highest BCUT2D eigenvalue weighted by molar-refractivity contribution is 5.74. The second kappa shape index (κ2) is 11.2. The summed E-state index contributed by atoms with van der Waals surface area (Å²) in [5.41, 5.74) is 1.32. The molecule has 0 radical (unpaired) electrons. The van der Waals surface area contributed by atoms with E-state index < -0.39 is 6.10 Å². The molecule has 0 saturated carbocycles. The Morgan fingerprint density at radius 3 is 2.58 bits per heavy atom. The Morgan fingerprint density at radius 1 is 1.23 bits per heavy atom. The summed E-state index contributed by atoms with van der Waals surface area (Å²) >= 11 is 0. The number of ether oxygens (including phenoxy) is 1. The molecule has 0 bridgehead atoms. The molecular weight excluding hydrogens is 330 g/mol. The van der Waals surface area contributed by atoms with Crippen molar-refractivity contribution < 1.29 is 14.6 Å². The summed E-state index contributed by atoms with van der Waals surface area (Å²) < 4.78 is 5.37. The van der Waals surface area contributed by atoms with Crippen LogP contribution in [0.1, 0.15) is 32.3 Å². The molecule has 1 atom stereocenters. The third-order valence-corrected chi connectivity index (χ3v) is 4.43. The van der Waals surface area contributed by atoms with Gasteiger partial charge in [0.25, 0.3) is 0 Å². The number of hydrogen-bond donors (Lipinski definition) is 3. The highest BCUT2D eigenvalue weighted by Crippen LogP contribution is 2.13. The number of carbonyl (C=O) groups excluding carboxylic acids is 1. The minimum atomic E-state index is -0.674. The molecule has 1 unspecified atom stereocenters. The summed E-state index contributed by atoms with van der Waals surface area (Å²) in [6, 6.07) is 10.4. The fourth-order valence-electron chi connectivity index (χ4n) is 3.02. The van der Waals surface area contributed by atoms with E-state index in [9.17, 15) is 9.90 Å². The topological polar surface area (TPSA) is 73.8 Å². The number of aliphatic hydroxyl groups excluding tert-OH is 1. The summed E-state index contributed by atoms with van der Waals surface area (Å²) in [5, 5.41) is 15.5. The van der Waals surface area contributed by atoms with E-state index in [0.29, 0.717) is 12.5 Å². The van der Waals surface area contributed by atoms with Gasteiger partial charge in [0.15, 0.2) is 0 Å². The minimum Gasteiger partial charge on any atom is -0.389 e. The molecule has 2 amide bonds. The van der Waals surface area contributed by atoms with Crippen molar-refractivity contribution in [3.8, 4) is 0 Å². The van der Waals surface area contributed by atoms with Gasteiger partial charge in [-0.25, -0.2) is 4.79 Å². The van der Waals surface area contributed by atoms with Gasteiger partial charge in [-0.2, -0.15) is 0 Å². The molecule has 2 rings (SSSR count). The van der Waals surface area contributed by atoms with Crippen molar-refractivity contribution in [1.82, 2.24) is 15.5 Å². The van der Waals surface area contributed by atoms with Crippen molar-refractivity contribution in [2.75, 3.05) is 32.8 Å². The fourth-order valence-corrected chi connectivity index (χ4v) is 3.02. The molecule has 6 heteroatoms. The van der Waals surface area contributed by atoms with Gasteiger partial charge >= 0.3 is 6.03 Å². The average Bonchev–Trinajstić information content (AvgIpc) is 2.62. The lowest BCUT2D eigenvalue weighted by atomic mass is 10.0. The van der Waals surface area contributed by atoms with Gasteiger partial charge in [0, 0.05) is 38.8 Å². The van der Waals surface area contributed by atoms with Crippen LogP contribution in [-0.4, -0.2) is 61.0 Å². The smallest absolute Gasteiger partial charge is 0.315 e. The molecule has 6 nitrogen and oxygen atoms in total. The molecule has 1 aromatic rings. The standard InChI is InChI=1S/C20H33N3O3/c1-16(2)14-26-15-19(24)12-21-20(25)22-18-8-10-23(11-9-18)13-17-6-4-3-5-7-17/h3-7,16,18-19,24H,8-15H2,1-2H3,(H2,21,22,25). The number of nitrogens with zero attached hydrogens (tertiary/aromatic N) is 1. The van der Waals surface area contributed by atoms with Crippen LogP contribution in [0.25, 0.3) is 0 Å². The zero-order chi connectivity index (χ0) is 18.8. The molecular formula is C20H33N3O3. The largest absolute Gasteiger partial charge is 0.389 e. The number of benzene rings is 1. The van der Waals surface area contributed by atoms with E-state index in [-0.39, 0.29) is 25.2 Å². The molecule has 1 aliphatic rings. The Morgan fingerprint density at radius 2 is 1.92 bits per heavy atom. The molecule has 1 aromatic carbocycles. The molecule has 1 heterocycles. The van der Waals surface area contributed by atoms with Gasteiger partial charge < -0.3 is 20.5 Å². The maximum absolute atomic E-state index is 12.0. The van der Waals surface area contributed by atoms with E-state index >= 15 is 0 Å². The summed E-state index contributed by atoms with van der Waals surface area (Å²) in [6.07, 6.45) is 1.22. The number of nitrogens with one attached hydrogen (secondary N) is 2. The van der Waals surface area contributed by atoms with Crippen molar-refractivity contribution in [1.29, 1.82) is 0 Å². The maximum atomic E-state index is 12.0. The molecule has 0 spiro atoms. The van der Waals surface area contributed by atoms with Gasteiger partial charge in [0.1, 0.15) is 0 Å². The van der Waals surface area contributed by atoms with Crippen LogP contribution in [0.4, 0.5) is 4.79 Å². The lowest BCUT2D eigenvalue weighted by Crippen LogP contribution is -2.49. The van der Waals surface area contributed by atoms with Crippen LogP contribution in [0.15, 0.2) is 30.3 Å². The molecule has 0 aliphatic carbocycles. The number of urea groups is 1. The van der Waals surface area contributed by atoms with E-state index in [4.69, 9.17) is 4.74 Å². The molecule has 3 N–H and O–H groups in total. The molecule has 26 heavy (non-hydrogen) atoms. The van der Waals surface area contributed by atoms with Crippen LogP contribution in [0.5, 0.6) is 0 Å². The summed E-state index contributed by atoms with van der Waals surface area (Å²) in [4.78, 5) is 14.4. The lowest BCUT2D eigenvalue weighted by Gasteiger charge is -2.32. The van der Waals surface area contributed by atoms with E-state index in [1.807, 2.05) is 6.07 Å². The highest BCUT2D eigenvalue weighted by Gasteiger charge is 2.20. The second-order valence-electron chi connectivity index (χ2n) is 7.48. The van der Waals surface area contributed by atoms with E-state index in [1.165, 1.54) is 5.56 Å². The van der Waals surface area contributed by atoms with Crippen LogP contribution >= 0.6 is 0 Å². The molecule has 146 valence electrons. The quantitative estimate of drug-likeness (QED) is 0.627. The fraction of sp³-hybridized carbons (Fsp3) is 0.650. The van der Waals surface area contributed by atoms with Crippen molar-refractivity contribution in [2.24, 2.45) is 5.92 Å². The Hall–Kier alpha value is -1.63. The van der Waals surface area contributed by atoms with E-state index in [0.717, 1.165) is 32.5 Å². The Balaban J connectivity index is 1.57. The first-order valence-corrected chi connectivity index (χ1v) is 9.59. The Labute approximate surface area is 156 Å². The maximum Gasteiger partial charge on any atom is 0.315 e. The Bertz CT molecular complexity index is 516. The van der Waals surface area contributed by atoms with Gasteiger partial charge in [-0.1, -0.05) is 44.2 Å². The number of carbonyl (C=O) groups is 1. The van der Waals surface area contributed by atoms with Crippen LogP contribution in [-0.2, 0) is 11.3 Å². The lowest BCUT2D eigenvalue weighted by molar-refractivity contribution is 0.0272. The number of likely N-dealkylation sites (tertiary alicyclic amines) is 1. The van der Waals surface area contributed by atoms with Gasteiger partial charge in [0.05, 0.1) is 12.7 Å². The minimum absolute atomic E-state index is 0.191. The summed E-state index contributed by atoms with van der Waals surface area (Å²) in [7, 11) is 0. The number of amides is 2.